The van der Waals surface area contributed by atoms with Crippen LogP contribution in [0.15, 0.2) is 71.2 Å². The second-order valence-corrected chi connectivity index (χ2v) is 5.45. The van der Waals surface area contributed by atoms with Crippen molar-refractivity contribution in [3.8, 4) is 0 Å². The van der Waals surface area contributed by atoms with E-state index >= 15 is 0 Å². The van der Waals surface area contributed by atoms with Crippen molar-refractivity contribution in [3.05, 3.63) is 77.3 Å². The van der Waals surface area contributed by atoms with Crippen molar-refractivity contribution in [1.29, 1.82) is 0 Å². The van der Waals surface area contributed by atoms with Gasteiger partial charge in [0.25, 0.3) is 0 Å². The molecule has 2 aromatic rings. The fourth-order valence-corrected chi connectivity index (χ4v) is 3.36. The largest absolute Gasteiger partial charge is 0.315 e. The predicted molar refractivity (Wildman–Crippen MR) is 94.9 cm³/mol. The first-order valence-electron chi connectivity index (χ1n) is 6.28. The van der Waals surface area contributed by atoms with Gasteiger partial charge in [-0.25, -0.2) is 4.99 Å². The molecule has 0 bridgehead atoms. The number of hydrogen-bond acceptors (Lipinski definition) is 3. The molecule has 2 aliphatic heterocycles. The van der Waals surface area contributed by atoms with Gasteiger partial charge in [0.1, 0.15) is 0 Å². The molecule has 0 radical (unpaired) electrons. The zero-order valence-corrected chi connectivity index (χ0v) is 13.5. The molecular weight excluding hydrogens is 323 g/mol. The average Bonchev–Trinajstić information content (AvgIpc) is 2.93. The van der Waals surface area contributed by atoms with Crippen LogP contribution in [0.25, 0.3) is 0 Å². The first-order valence-corrected chi connectivity index (χ1v) is 7.16. The highest BCUT2D eigenvalue weighted by molar-refractivity contribution is 8.16. The van der Waals surface area contributed by atoms with Crippen molar-refractivity contribution in [2.45, 2.75) is 6.04 Å². The second-order valence-electron chi connectivity index (χ2n) is 4.58. The van der Waals surface area contributed by atoms with Crippen molar-refractivity contribution in [2.75, 3.05) is 0 Å². The molecule has 2 heterocycles. The van der Waals surface area contributed by atoms with Crippen molar-refractivity contribution in [3.63, 3.8) is 0 Å². The standard InChI is InChI=1S/C16H12N2S.2ClH/c1-2-6-12(7-3-1)15-13-8-4-5-9-14(13)17-16-18(15)10-11-19-16;;/h1-11,15H;2*1H. The van der Waals surface area contributed by atoms with Crippen molar-refractivity contribution >= 4 is 47.4 Å². The smallest absolute Gasteiger partial charge is 0.173 e. The lowest BCUT2D eigenvalue weighted by Gasteiger charge is -2.33. The maximum Gasteiger partial charge on any atom is 0.173 e. The van der Waals surface area contributed by atoms with E-state index in [-0.39, 0.29) is 30.9 Å². The molecule has 0 aliphatic carbocycles. The molecule has 0 fully saturated rings. The zero-order valence-electron chi connectivity index (χ0n) is 11.0. The van der Waals surface area contributed by atoms with Crippen LogP contribution >= 0.6 is 36.6 Å². The number of hydrogen-bond donors (Lipinski definition) is 0. The Morgan fingerprint density at radius 3 is 2.43 bits per heavy atom. The van der Waals surface area contributed by atoms with Gasteiger partial charge in [-0.2, -0.15) is 0 Å². The van der Waals surface area contributed by atoms with Crippen LogP contribution in [-0.4, -0.2) is 10.1 Å². The van der Waals surface area contributed by atoms with Crippen LogP contribution in [0.3, 0.4) is 0 Å². The number of halogens is 2. The van der Waals surface area contributed by atoms with Crippen LogP contribution < -0.4 is 0 Å². The Bertz CT molecular complexity index is 686. The van der Waals surface area contributed by atoms with Crippen LogP contribution in [0.5, 0.6) is 0 Å². The summed E-state index contributed by atoms with van der Waals surface area (Å²) in [5.74, 6) is 0. The molecule has 0 saturated carbocycles. The van der Waals surface area contributed by atoms with Crippen LogP contribution in [0.2, 0.25) is 0 Å². The van der Waals surface area contributed by atoms with Gasteiger partial charge >= 0.3 is 0 Å². The molecule has 0 aromatic heterocycles. The summed E-state index contributed by atoms with van der Waals surface area (Å²) in [6.07, 6.45) is 2.12. The molecule has 2 aliphatic rings. The van der Waals surface area contributed by atoms with E-state index in [1.807, 2.05) is 6.07 Å². The number of fused-ring (bicyclic) bond motifs is 2. The molecule has 108 valence electrons. The molecule has 4 rings (SSSR count). The summed E-state index contributed by atoms with van der Waals surface area (Å²) in [6, 6.07) is 19.2. The van der Waals surface area contributed by atoms with E-state index in [2.05, 4.69) is 65.0 Å². The monoisotopic (exact) mass is 336 g/mol. The van der Waals surface area contributed by atoms with Gasteiger partial charge in [-0.3, -0.25) is 0 Å². The average molecular weight is 337 g/mol. The van der Waals surface area contributed by atoms with Crippen LogP contribution in [0.1, 0.15) is 17.2 Å². The minimum atomic E-state index is 0. The predicted octanol–water partition coefficient (Wildman–Crippen LogP) is 5.14. The molecule has 21 heavy (non-hydrogen) atoms. The fraction of sp³-hybridized carbons (Fsp3) is 0.0625. The molecule has 0 N–H and O–H groups in total. The molecule has 1 atom stereocenters. The summed E-state index contributed by atoms with van der Waals surface area (Å²) in [4.78, 5) is 6.98. The summed E-state index contributed by atoms with van der Waals surface area (Å²) in [6.45, 7) is 0. The second kappa shape index (κ2) is 6.56. The Labute approximate surface area is 140 Å². The first kappa shape index (κ1) is 16.0. The lowest BCUT2D eigenvalue weighted by molar-refractivity contribution is 0.476. The number of aliphatic imine (C=N–C) groups is 1. The molecule has 5 heteroatoms. The molecule has 1 unspecified atom stereocenters. The highest BCUT2D eigenvalue weighted by Crippen LogP contribution is 2.43. The van der Waals surface area contributed by atoms with Gasteiger partial charge in [-0.1, -0.05) is 60.3 Å². The molecule has 2 aromatic carbocycles. The van der Waals surface area contributed by atoms with Gasteiger partial charge in [0.2, 0.25) is 0 Å². The molecule has 0 saturated heterocycles. The minimum Gasteiger partial charge on any atom is -0.315 e. The van der Waals surface area contributed by atoms with E-state index in [0.717, 1.165) is 10.9 Å². The van der Waals surface area contributed by atoms with Crippen molar-refractivity contribution in [2.24, 2.45) is 4.99 Å². The Kier molecular flexibility index (Phi) is 4.99. The minimum absolute atomic E-state index is 0. The Balaban J connectivity index is 0.000000807. The third kappa shape index (κ3) is 2.69. The number of benzene rings is 2. The number of para-hydroxylation sites is 1. The van der Waals surface area contributed by atoms with Gasteiger partial charge < -0.3 is 4.90 Å². The fourth-order valence-electron chi connectivity index (χ4n) is 2.61. The maximum atomic E-state index is 4.73. The van der Waals surface area contributed by atoms with Crippen molar-refractivity contribution in [1.82, 2.24) is 4.90 Å². The molecule has 0 spiro atoms. The highest BCUT2D eigenvalue weighted by Gasteiger charge is 2.31. The van der Waals surface area contributed by atoms with E-state index in [1.54, 1.807) is 11.8 Å². The summed E-state index contributed by atoms with van der Waals surface area (Å²) in [5.41, 5.74) is 3.65. The number of amidine groups is 1. The van der Waals surface area contributed by atoms with Crippen LogP contribution in [-0.2, 0) is 0 Å². The van der Waals surface area contributed by atoms with Gasteiger partial charge in [0.05, 0.1) is 11.7 Å². The van der Waals surface area contributed by atoms with Crippen LogP contribution in [0.4, 0.5) is 5.69 Å². The lowest BCUT2D eigenvalue weighted by atomic mass is 9.95. The van der Waals surface area contributed by atoms with Crippen molar-refractivity contribution < 1.29 is 0 Å². The number of nitrogens with zero attached hydrogens (tertiary/aromatic N) is 2. The van der Waals surface area contributed by atoms with Gasteiger partial charge in [0, 0.05) is 11.8 Å². The SMILES string of the molecule is C1=CN2C(=Nc3ccccc3C2c2ccccc2)S1.Cl.Cl. The van der Waals surface area contributed by atoms with E-state index in [4.69, 9.17) is 4.99 Å². The van der Waals surface area contributed by atoms with E-state index < -0.39 is 0 Å². The summed E-state index contributed by atoms with van der Waals surface area (Å²) < 4.78 is 0. The van der Waals surface area contributed by atoms with Gasteiger partial charge in [-0.05, 0) is 17.0 Å². The summed E-state index contributed by atoms with van der Waals surface area (Å²) >= 11 is 1.68. The molecule has 2 nitrogen and oxygen atoms in total. The highest BCUT2D eigenvalue weighted by atomic mass is 35.5. The third-order valence-electron chi connectivity index (χ3n) is 3.46. The third-order valence-corrected chi connectivity index (χ3v) is 4.23. The number of rotatable bonds is 1. The Morgan fingerprint density at radius 1 is 0.905 bits per heavy atom. The van der Waals surface area contributed by atoms with Gasteiger partial charge in [-0.15, -0.1) is 24.8 Å². The Hall–Kier alpha value is -1.42. The summed E-state index contributed by atoms with van der Waals surface area (Å²) in [5, 5.41) is 3.16. The Morgan fingerprint density at radius 2 is 1.62 bits per heavy atom. The zero-order chi connectivity index (χ0) is 12.7. The van der Waals surface area contributed by atoms with Gasteiger partial charge in [0.15, 0.2) is 5.17 Å². The van der Waals surface area contributed by atoms with E-state index in [0.29, 0.717) is 0 Å². The van der Waals surface area contributed by atoms with E-state index in [9.17, 15) is 0 Å². The normalized spacial score (nSPS) is 18.0. The lowest BCUT2D eigenvalue weighted by Crippen LogP contribution is -2.29. The topological polar surface area (TPSA) is 15.6 Å². The quantitative estimate of drug-likeness (QED) is 0.716. The summed E-state index contributed by atoms with van der Waals surface area (Å²) in [7, 11) is 0. The molecule has 0 amide bonds. The van der Waals surface area contributed by atoms with Crippen LogP contribution in [0, 0.1) is 0 Å². The van der Waals surface area contributed by atoms with E-state index in [1.165, 1.54) is 11.1 Å². The molecular formula is C16H14Cl2N2S. The number of thioether (sulfide) groups is 1. The maximum absolute atomic E-state index is 4.73. The first-order chi connectivity index (χ1) is 9.43.